The Morgan fingerprint density at radius 1 is 1.24 bits per heavy atom. The number of benzene rings is 1. The minimum atomic E-state index is -2.95. The van der Waals surface area contributed by atoms with Gasteiger partial charge < -0.3 is 4.74 Å². The maximum atomic E-state index is 11.2. The molecule has 0 amide bonds. The number of hydrogen-bond donors (Lipinski definition) is 0. The second kappa shape index (κ2) is 8.32. The summed E-state index contributed by atoms with van der Waals surface area (Å²) in [6, 6.07) is 10.3. The van der Waals surface area contributed by atoms with E-state index in [1.165, 1.54) is 11.8 Å². The van der Waals surface area contributed by atoms with E-state index in [-0.39, 0.29) is 5.75 Å². The number of sulfone groups is 1. The van der Waals surface area contributed by atoms with Crippen LogP contribution >= 0.6 is 15.9 Å². The van der Waals surface area contributed by atoms with Crippen molar-refractivity contribution in [2.75, 3.05) is 18.6 Å². The Balaban J connectivity index is 2.19. The zero-order valence-electron chi connectivity index (χ0n) is 15.0. The van der Waals surface area contributed by atoms with Crippen LogP contribution in [-0.4, -0.2) is 32.0 Å². The first-order chi connectivity index (χ1) is 11.7. The first-order valence-electron chi connectivity index (χ1n) is 8.20. The molecular weight excluding hydrogens is 402 g/mol. The molecule has 2 rings (SSSR count). The molecule has 1 unspecified atom stereocenters. The van der Waals surface area contributed by atoms with Crippen molar-refractivity contribution in [2.45, 2.75) is 32.0 Å². The van der Waals surface area contributed by atoms with Gasteiger partial charge in [-0.25, -0.2) is 13.4 Å². The fourth-order valence-corrected chi connectivity index (χ4v) is 3.67. The van der Waals surface area contributed by atoms with E-state index in [0.29, 0.717) is 23.7 Å². The van der Waals surface area contributed by atoms with Gasteiger partial charge in [0, 0.05) is 28.4 Å². The van der Waals surface area contributed by atoms with Crippen molar-refractivity contribution in [1.29, 1.82) is 0 Å². The lowest BCUT2D eigenvalue weighted by molar-refractivity contribution is 0.305. The van der Waals surface area contributed by atoms with E-state index in [0.717, 1.165) is 22.4 Å². The van der Waals surface area contributed by atoms with Crippen LogP contribution in [0.25, 0.3) is 11.1 Å². The van der Waals surface area contributed by atoms with Gasteiger partial charge in [0.25, 0.3) is 0 Å². The van der Waals surface area contributed by atoms with Crippen LogP contribution in [0.1, 0.15) is 35.0 Å². The number of nitrogens with zero attached hydrogens (tertiary/aromatic N) is 1. The number of pyridine rings is 1. The van der Waals surface area contributed by atoms with E-state index in [2.05, 4.69) is 52.1 Å². The topological polar surface area (TPSA) is 56.3 Å². The van der Waals surface area contributed by atoms with Crippen LogP contribution in [0.15, 0.2) is 30.3 Å². The lowest BCUT2D eigenvalue weighted by Gasteiger charge is -2.14. The summed E-state index contributed by atoms with van der Waals surface area (Å²) in [6.45, 7) is 6.45. The molecule has 0 radical (unpaired) electrons. The van der Waals surface area contributed by atoms with Crippen molar-refractivity contribution >= 4 is 25.8 Å². The number of hydrogen-bond acceptors (Lipinski definition) is 4. The van der Waals surface area contributed by atoms with E-state index >= 15 is 0 Å². The Morgan fingerprint density at radius 3 is 2.56 bits per heavy atom. The van der Waals surface area contributed by atoms with Gasteiger partial charge >= 0.3 is 0 Å². The van der Waals surface area contributed by atoms with Crippen molar-refractivity contribution in [1.82, 2.24) is 4.98 Å². The number of rotatable bonds is 7. The molecule has 0 aliphatic rings. The molecule has 0 N–H and O–H groups in total. The summed E-state index contributed by atoms with van der Waals surface area (Å²) >= 11 is 3.61. The second-order valence-electron chi connectivity index (χ2n) is 6.31. The molecule has 4 nitrogen and oxygen atoms in total. The van der Waals surface area contributed by atoms with Crippen LogP contribution < -0.4 is 4.74 Å². The predicted molar refractivity (Wildman–Crippen MR) is 106 cm³/mol. The predicted octanol–water partition coefficient (Wildman–Crippen LogP) is 4.63. The van der Waals surface area contributed by atoms with Crippen molar-refractivity contribution in [2.24, 2.45) is 0 Å². The lowest BCUT2D eigenvalue weighted by atomic mass is 9.97. The number of halogens is 1. The number of ether oxygens (including phenoxy) is 1. The summed E-state index contributed by atoms with van der Waals surface area (Å²) in [7, 11) is -2.95. The van der Waals surface area contributed by atoms with Crippen molar-refractivity contribution in [3.05, 3.63) is 47.2 Å². The Bertz CT molecular complexity index is 824. The molecule has 1 atom stereocenters. The van der Waals surface area contributed by atoms with Gasteiger partial charge in [0.2, 0.25) is 5.88 Å². The average molecular weight is 426 g/mol. The van der Waals surface area contributed by atoms with E-state index in [1.54, 1.807) is 0 Å². The Labute approximate surface area is 158 Å². The molecule has 0 spiro atoms. The highest BCUT2D eigenvalue weighted by atomic mass is 79.9. The highest BCUT2D eigenvalue weighted by Crippen LogP contribution is 2.32. The molecular formula is C19H24BrNO3S. The van der Waals surface area contributed by atoms with Crippen LogP contribution in [0, 0.1) is 13.8 Å². The maximum Gasteiger partial charge on any atom is 0.213 e. The molecule has 0 aliphatic carbocycles. The number of alkyl halides is 1. The molecule has 6 heteroatoms. The normalized spacial score (nSPS) is 12.8. The Hall–Kier alpha value is -1.40. The first kappa shape index (κ1) is 19.9. The SMILES string of the molecule is Cc1cc(OCCCS(C)(=O)=O)nc(C)c1-c1cccc(C(C)Br)c1. The molecule has 2 aromatic rings. The summed E-state index contributed by atoms with van der Waals surface area (Å²) in [5.41, 5.74) is 5.45. The fraction of sp³-hybridized carbons (Fsp3) is 0.421. The number of aromatic nitrogens is 1. The molecule has 1 aromatic carbocycles. The summed E-state index contributed by atoms with van der Waals surface area (Å²) < 4.78 is 27.9. The van der Waals surface area contributed by atoms with Gasteiger partial charge in [-0.3, -0.25) is 0 Å². The van der Waals surface area contributed by atoms with Crippen LogP contribution in [0.3, 0.4) is 0 Å². The third kappa shape index (κ3) is 5.82. The Morgan fingerprint density at radius 2 is 1.96 bits per heavy atom. The molecule has 0 aliphatic heterocycles. The average Bonchev–Trinajstić information content (AvgIpc) is 2.50. The minimum Gasteiger partial charge on any atom is -0.478 e. The summed E-state index contributed by atoms with van der Waals surface area (Å²) in [4.78, 5) is 4.83. The Kier molecular flexibility index (Phi) is 6.63. The van der Waals surface area contributed by atoms with Gasteiger partial charge in [-0.1, -0.05) is 34.1 Å². The minimum absolute atomic E-state index is 0.126. The lowest BCUT2D eigenvalue weighted by Crippen LogP contribution is -2.09. The molecule has 0 saturated heterocycles. The van der Waals surface area contributed by atoms with E-state index < -0.39 is 9.84 Å². The summed E-state index contributed by atoms with van der Waals surface area (Å²) in [6.07, 6.45) is 1.70. The van der Waals surface area contributed by atoms with Gasteiger partial charge in [-0.15, -0.1) is 0 Å². The van der Waals surface area contributed by atoms with E-state index in [9.17, 15) is 8.42 Å². The van der Waals surface area contributed by atoms with Crippen molar-refractivity contribution < 1.29 is 13.2 Å². The summed E-state index contributed by atoms with van der Waals surface area (Å²) in [5.74, 6) is 0.665. The van der Waals surface area contributed by atoms with Crippen LogP contribution in [-0.2, 0) is 9.84 Å². The van der Waals surface area contributed by atoms with Gasteiger partial charge in [-0.2, -0.15) is 0 Å². The molecule has 0 fully saturated rings. The van der Waals surface area contributed by atoms with Gasteiger partial charge in [0.15, 0.2) is 0 Å². The first-order valence-corrected chi connectivity index (χ1v) is 11.2. The molecule has 0 saturated carbocycles. The van der Waals surface area contributed by atoms with Crippen molar-refractivity contribution in [3.63, 3.8) is 0 Å². The molecule has 1 heterocycles. The van der Waals surface area contributed by atoms with Crippen LogP contribution in [0.5, 0.6) is 5.88 Å². The molecule has 0 bridgehead atoms. The monoisotopic (exact) mass is 425 g/mol. The van der Waals surface area contributed by atoms with Gasteiger partial charge in [0.1, 0.15) is 9.84 Å². The summed E-state index contributed by atoms with van der Waals surface area (Å²) in [5, 5.41) is 0. The zero-order valence-corrected chi connectivity index (χ0v) is 17.4. The van der Waals surface area contributed by atoms with Crippen LogP contribution in [0.4, 0.5) is 0 Å². The highest BCUT2D eigenvalue weighted by molar-refractivity contribution is 9.09. The largest absolute Gasteiger partial charge is 0.478 e. The smallest absolute Gasteiger partial charge is 0.213 e. The maximum absolute atomic E-state index is 11.2. The van der Waals surface area contributed by atoms with E-state index in [4.69, 9.17) is 4.74 Å². The van der Waals surface area contributed by atoms with E-state index in [1.807, 2.05) is 19.9 Å². The third-order valence-electron chi connectivity index (χ3n) is 3.92. The standard InChI is InChI=1S/C19H24BrNO3S/c1-13-11-18(24-9-6-10-25(4,22)23)21-15(3)19(13)17-8-5-7-16(12-17)14(2)20/h5,7-8,11-12,14H,6,9-10H2,1-4H3. The molecule has 25 heavy (non-hydrogen) atoms. The quantitative estimate of drug-likeness (QED) is 0.478. The highest BCUT2D eigenvalue weighted by Gasteiger charge is 2.12. The zero-order chi connectivity index (χ0) is 18.6. The van der Waals surface area contributed by atoms with Crippen molar-refractivity contribution in [3.8, 4) is 17.0 Å². The molecule has 136 valence electrons. The van der Waals surface area contributed by atoms with Gasteiger partial charge in [0.05, 0.1) is 12.4 Å². The fourth-order valence-electron chi connectivity index (χ4n) is 2.75. The van der Waals surface area contributed by atoms with Crippen LogP contribution in [0.2, 0.25) is 0 Å². The second-order valence-corrected chi connectivity index (χ2v) is 9.94. The van der Waals surface area contributed by atoms with Gasteiger partial charge in [-0.05, 0) is 49.9 Å². The third-order valence-corrected chi connectivity index (χ3v) is 5.48. The molecule has 1 aromatic heterocycles. The number of aryl methyl sites for hydroxylation is 2.